The van der Waals surface area contributed by atoms with Gasteiger partial charge in [0.05, 0.1) is 22.3 Å². The highest BCUT2D eigenvalue weighted by molar-refractivity contribution is 6.33. The molecule has 4 atom stereocenters. The molecule has 1 saturated carbocycles. The number of aliphatic hydroxyl groups is 2. The fourth-order valence-corrected chi connectivity index (χ4v) is 9.22. The van der Waals surface area contributed by atoms with Crippen molar-refractivity contribution in [1.29, 1.82) is 0 Å². The van der Waals surface area contributed by atoms with Crippen LogP contribution in [0.4, 0.5) is 23.2 Å². The van der Waals surface area contributed by atoms with E-state index in [0.29, 0.717) is 44.2 Å². The standard InChI is InChI=1S/C44H47ClF4N2O4/c1-28-4-3-18-42(2)37(17-19-43(42,54)27-50-20-22-51(23-21-50)32-10-8-31(46)9-11-32)34-13-6-29(24-33(52)12-5-28)25-35(34)41(53)40-16-15-39(55-40)36-26-30(44(47,48)49)7-14-38(36)45/h4,6-11,13-16,25-26,33,37,52,54H,3,5,12,17-24,27H2,1-2H3/t33-,37-,42-,43+/m0/s1. The number of carbonyl (C=O) groups excluding carboxylic acids is 1. The van der Waals surface area contributed by atoms with E-state index >= 15 is 0 Å². The van der Waals surface area contributed by atoms with Crippen LogP contribution in [0.1, 0.15) is 91.1 Å². The highest BCUT2D eigenvalue weighted by Gasteiger charge is 2.57. The van der Waals surface area contributed by atoms with E-state index < -0.39 is 34.6 Å². The van der Waals surface area contributed by atoms with E-state index in [1.54, 1.807) is 18.2 Å². The lowest BCUT2D eigenvalue weighted by molar-refractivity contribution is -0.137. The molecule has 1 saturated heterocycles. The zero-order chi connectivity index (χ0) is 39.1. The van der Waals surface area contributed by atoms with E-state index in [9.17, 15) is 32.6 Å². The van der Waals surface area contributed by atoms with Crippen molar-refractivity contribution < 1.29 is 37.0 Å². The summed E-state index contributed by atoms with van der Waals surface area (Å²) in [6, 6.07) is 18.1. The van der Waals surface area contributed by atoms with Gasteiger partial charge in [-0.2, -0.15) is 13.2 Å². The molecule has 0 unspecified atom stereocenters. The van der Waals surface area contributed by atoms with E-state index in [1.165, 1.54) is 29.8 Å². The highest BCUT2D eigenvalue weighted by Crippen LogP contribution is 2.59. The summed E-state index contributed by atoms with van der Waals surface area (Å²) in [5.41, 5.74) is 1.51. The van der Waals surface area contributed by atoms with Gasteiger partial charge in [-0.05, 0) is 130 Å². The number of aliphatic hydroxyl groups excluding tert-OH is 1. The van der Waals surface area contributed by atoms with Gasteiger partial charge in [0, 0.05) is 55.0 Å². The Morgan fingerprint density at radius 2 is 1.71 bits per heavy atom. The zero-order valence-electron chi connectivity index (χ0n) is 31.1. The van der Waals surface area contributed by atoms with Crippen molar-refractivity contribution in [2.75, 3.05) is 37.6 Å². The lowest BCUT2D eigenvalue weighted by Gasteiger charge is -2.47. The molecule has 11 heteroatoms. The number of alkyl halides is 3. The third kappa shape index (κ3) is 8.15. The van der Waals surface area contributed by atoms with Gasteiger partial charge >= 0.3 is 6.18 Å². The van der Waals surface area contributed by atoms with Crippen LogP contribution in [-0.2, 0) is 12.6 Å². The first kappa shape index (κ1) is 39.3. The maximum Gasteiger partial charge on any atom is 0.416 e. The maximum absolute atomic E-state index is 14.5. The van der Waals surface area contributed by atoms with Crippen LogP contribution in [0.2, 0.25) is 5.02 Å². The number of furan rings is 1. The lowest BCUT2D eigenvalue weighted by Crippen LogP contribution is -2.56. The minimum absolute atomic E-state index is 0.0253. The van der Waals surface area contributed by atoms with Gasteiger partial charge in [0.15, 0.2) is 5.76 Å². The summed E-state index contributed by atoms with van der Waals surface area (Å²) < 4.78 is 60.3. The number of carbonyl (C=O) groups is 1. The summed E-state index contributed by atoms with van der Waals surface area (Å²) in [5.74, 6) is -0.918. The number of rotatable bonds is 6. The van der Waals surface area contributed by atoms with Gasteiger partial charge in [0.1, 0.15) is 11.6 Å². The first-order valence-corrected chi connectivity index (χ1v) is 19.4. The minimum Gasteiger partial charge on any atom is -0.453 e. The average molecular weight is 779 g/mol. The van der Waals surface area contributed by atoms with Crippen LogP contribution in [0.25, 0.3) is 11.3 Å². The Hall–Kier alpha value is -3.96. The summed E-state index contributed by atoms with van der Waals surface area (Å²) in [6.45, 7) is 7.63. The van der Waals surface area contributed by atoms with Gasteiger partial charge in [-0.3, -0.25) is 9.69 Å². The van der Waals surface area contributed by atoms with Crippen molar-refractivity contribution in [2.45, 2.75) is 82.6 Å². The molecule has 4 aliphatic rings. The Kier molecular flexibility index (Phi) is 11.1. The topological polar surface area (TPSA) is 77.2 Å². The molecule has 2 bridgehead atoms. The van der Waals surface area contributed by atoms with Crippen LogP contribution in [0.3, 0.4) is 0 Å². The predicted octanol–water partition coefficient (Wildman–Crippen LogP) is 9.85. The normalized spacial score (nSPS) is 25.4. The third-order valence-electron chi connectivity index (χ3n) is 12.4. The van der Waals surface area contributed by atoms with Crippen molar-refractivity contribution in [3.05, 3.63) is 123 Å². The van der Waals surface area contributed by atoms with E-state index in [1.807, 2.05) is 12.1 Å². The van der Waals surface area contributed by atoms with Gasteiger partial charge < -0.3 is 19.5 Å². The van der Waals surface area contributed by atoms with Gasteiger partial charge in [-0.25, -0.2) is 4.39 Å². The number of allylic oxidation sites excluding steroid dienone is 2. The molecule has 2 fully saturated rings. The molecule has 2 heterocycles. The minimum atomic E-state index is -4.59. The van der Waals surface area contributed by atoms with Crippen LogP contribution < -0.4 is 4.90 Å². The van der Waals surface area contributed by atoms with Crippen molar-refractivity contribution >= 4 is 23.1 Å². The summed E-state index contributed by atoms with van der Waals surface area (Å²) in [4.78, 5) is 19.1. The quantitative estimate of drug-likeness (QED) is 0.115. The number of halogens is 5. The third-order valence-corrected chi connectivity index (χ3v) is 12.7. The van der Waals surface area contributed by atoms with Crippen LogP contribution in [-0.4, -0.2) is 65.3 Å². The summed E-state index contributed by atoms with van der Waals surface area (Å²) in [6.07, 6.45) is 1.16. The van der Waals surface area contributed by atoms with Crippen LogP contribution in [0.15, 0.2) is 88.9 Å². The predicted molar refractivity (Wildman–Crippen MR) is 206 cm³/mol. The van der Waals surface area contributed by atoms with Gasteiger partial charge in [0.2, 0.25) is 5.78 Å². The molecule has 2 N–H and O–H groups in total. The van der Waals surface area contributed by atoms with E-state index in [0.717, 1.165) is 74.0 Å². The molecule has 4 aromatic rings. The van der Waals surface area contributed by atoms with Crippen molar-refractivity contribution in [3.8, 4) is 11.3 Å². The number of fused-ring (bicyclic) bond motifs is 8. The van der Waals surface area contributed by atoms with Crippen LogP contribution in [0.5, 0.6) is 0 Å². The fraction of sp³-hybridized carbons (Fsp3) is 0.432. The molecule has 3 aromatic carbocycles. The molecule has 1 aliphatic heterocycles. The number of anilines is 1. The molecule has 3 aliphatic carbocycles. The number of benzene rings is 3. The number of hydrogen-bond donors (Lipinski definition) is 2. The molecule has 8 rings (SSSR count). The molecule has 0 amide bonds. The second-order valence-corrected chi connectivity index (χ2v) is 16.3. The second-order valence-electron chi connectivity index (χ2n) is 15.9. The van der Waals surface area contributed by atoms with Gasteiger partial charge in [-0.15, -0.1) is 0 Å². The number of hydrogen-bond acceptors (Lipinski definition) is 6. The molecule has 292 valence electrons. The van der Waals surface area contributed by atoms with Crippen LogP contribution >= 0.6 is 11.6 Å². The Labute approximate surface area is 324 Å². The molecular weight excluding hydrogens is 732 g/mol. The number of ketones is 1. The maximum atomic E-state index is 14.5. The molecule has 1 aromatic heterocycles. The highest BCUT2D eigenvalue weighted by atomic mass is 35.5. The van der Waals surface area contributed by atoms with Gasteiger partial charge in [-0.1, -0.05) is 42.3 Å². The molecule has 0 spiro atoms. The second kappa shape index (κ2) is 15.5. The first-order chi connectivity index (χ1) is 26.1. The summed E-state index contributed by atoms with van der Waals surface area (Å²) >= 11 is 6.32. The number of piperazine rings is 1. The van der Waals surface area contributed by atoms with Gasteiger partial charge in [0.25, 0.3) is 0 Å². The molecule has 55 heavy (non-hydrogen) atoms. The van der Waals surface area contributed by atoms with Crippen molar-refractivity contribution in [2.24, 2.45) is 5.41 Å². The Morgan fingerprint density at radius 1 is 0.964 bits per heavy atom. The Balaban J connectivity index is 1.22. The Bertz CT molecular complexity index is 2060. The summed E-state index contributed by atoms with van der Waals surface area (Å²) in [5, 5.41) is 23.8. The SMILES string of the molecule is CC1=CCC[C@@]2(C)[C@@H](CC[C@@]2(O)CN2CCN(c3ccc(F)cc3)CC2)c2ccc(cc2C(=O)c2ccc(-c3cc(C(F)(F)F)ccc3Cl)o2)C[C@@H](O)CC1. The lowest BCUT2D eigenvalue weighted by atomic mass is 9.64. The Morgan fingerprint density at radius 3 is 2.44 bits per heavy atom. The monoisotopic (exact) mass is 778 g/mol. The van der Waals surface area contributed by atoms with Crippen molar-refractivity contribution in [3.63, 3.8) is 0 Å². The number of nitrogens with zero attached hydrogens (tertiary/aromatic N) is 2. The van der Waals surface area contributed by atoms with E-state index in [4.69, 9.17) is 16.0 Å². The largest absolute Gasteiger partial charge is 0.453 e. The summed E-state index contributed by atoms with van der Waals surface area (Å²) in [7, 11) is 0. The zero-order valence-corrected chi connectivity index (χ0v) is 31.9. The average Bonchev–Trinajstić information content (AvgIpc) is 3.73. The van der Waals surface area contributed by atoms with Crippen LogP contribution in [0, 0.1) is 11.2 Å². The fourth-order valence-electron chi connectivity index (χ4n) is 9.01. The molecule has 0 radical (unpaired) electrons. The van der Waals surface area contributed by atoms with E-state index in [-0.39, 0.29) is 33.8 Å². The first-order valence-electron chi connectivity index (χ1n) is 19.1. The van der Waals surface area contributed by atoms with Crippen molar-refractivity contribution in [1.82, 2.24) is 4.90 Å². The smallest absolute Gasteiger partial charge is 0.416 e. The van der Waals surface area contributed by atoms with E-state index in [2.05, 4.69) is 29.7 Å². The molecular formula is C44H47ClF4N2O4. The number of β-amino-alcohol motifs (C(OH)–C–C–N with tert-alkyl or cyclic N) is 1. The molecule has 6 nitrogen and oxygen atoms in total.